The molecular formula is C40H61F3N2O9. The largest absolute Gasteiger partial charge is 0.456 e. The zero-order chi connectivity index (χ0) is 38.1. The molecule has 14 heteroatoms. The molecule has 306 valence electrons. The van der Waals surface area contributed by atoms with Crippen molar-refractivity contribution in [2.75, 3.05) is 39.8 Å². The highest BCUT2D eigenvalue weighted by atomic mass is 19.4. The molecule has 11 rings (SSSR count). The molecule has 2 saturated carbocycles. The lowest BCUT2D eigenvalue weighted by Gasteiger charge is -2.62. The number of nitrogens with zero attached hydrogens (tertiary/aromatic N) is 2. The molecule has 0 unspecified atom stereocenters. The Morgan fingerprint density at radius 3 is 2.02 bits per heavy atom. The Kier molecular flexibility index (Phi) is 9.41. The standard InChI is InChI=1S/C40H61F3N2O9/c1-23-8-10-30-25(3)37(6,50-34-38(30)28(23)12-17-36(5,49-34)52-53-38)46-21-20-44(7)26-14-18-45(19-15-26)22-27-31-11-9-24(2)29-13-16-35(4)48-33(39(29,31)54-51-35)47-32(27)40(41,42)43/h23-26,28-31,33-34H,8-22H2,1-7H3/t23-,24-,25-,28+,29+,30+,31+,33-,34+,35-,36+,37+,38-,39-/m1/s1. The number of likely N-dealkylation sites (N-methyl/N-ethyl adjacent to an activating group) is 1. The molecule has 14 atom stereocenters. The average Bonchev–Trinajstić information content (AvgIpc) is 3.49. The number of allylic oxidation sites excluding steroid dienone is 1. The molecule has 54 heavy (non-hydrogen) atoms. The summed E-state index contributed by atoms with van der Waals surface area (Å²) in [5.74, 6) is -2.97. The molecule has 2 spiro atoms. The van der Waals surface area contributed by atoms with Crippen molar-refractivity contribution in [3.63, 3.8) is 0 Å². The van der Waals surface area contributed by atoms with Crippen LogP contribution in [-0.4, -0.2) is 103 Å². The lowest BCUT2D eigenvalue weighted by molar-refractivity contribution is -0.585. The predicted octanol–water partition coefficient (Wildman–Crippen LogP) is 7.06. The van der Waals surface area contributed by atoms with Crippen molar-refractivity contribution in [3.8, 4) is 0 Å². The number of hydrogen-bond acceptors (Lipinski definition) is 11. The van der Waals surface area contributed by atoms with Gasteiger partial charge in [0.2, 0.25) is 23.6 Å². The van der Waals surface area contributed by atoms with Crippen LogP contribution in [0.2, 0.25) is 0 Å². The predicted molar refractivity (Wildman–Crippen MR) is 186 cm³/mol. The Labute approximate surface area is 317 Å². The van der Waals surface area contributed by atoms with Crippen molar-refractivity contribution >= 4 is 0 Å². The topological polar surface area (TPSA) is 89.6 Å². The fourth-order valence-electron chi connectivity index (χ4n) is 12.5. The zero-order valence-electron chi connectivity index (χ0n) is 33.1. The second-order valence-corrected chi connectivity index (χ2v) is 19.0. The quantitative estimate of drug-likeness (QED) is 0.250. The minimum absolute atomic E-state index is 0.0222. The maximum absolute atomic E-state index is 14.8. The van der Waals surface area contributed by atoms with E-state index in [1.54, 1.807) is 6.92 Å². The van der Waals surface area contributed by atoms with E-state index in [0.717, 1.165) is 51.4 Å². The number of ether oxygens (including phenoxy) is 5. The third-order valence-electron chi connectivity index (χ3n) is 15.9. The molecule has 0 radical (unpaired) electrons. The summed E-state index contributed by atoms with van der Waals surface area (Å²) in [6.45, 7) is 15.1. The fourth-order valence-corrected chi connectivity index (χ4v) is 12.5. The summed E-state index contributed by atoms with van der Waals surface area (Å²) in [5, 5.41) is 0. The van der Waals surface area contributed by atoms with Gasteiger partial charge in [0.05, 0.1) is 6.61 Å². The smallest absolute Gasteiger partial charge is 0.449 e. The summed E-state index contributed by atoms with van der Waals surface area (Å²) >= 11 is 0. The van der Waals surface area contributed by atoms with Gasteiger partial charge in [0.25, 0.3) is 0 Å². The molecule has 0 N–H and O–H groups in total. The summed E-state index contributed by atoms with van der Waals surface area (Å²) in [5.41, 5.74) is -1.45. The van der Waals surface area contributed by atoms with Crippen LogP contribution in [0.3, 0.4) is 0 Å². The van der Waals surface area contributed by atoms with Gasteiger partial charge in [0.1, 0.15) is 0 Å². The van der Waals surface area contributed by atoms with Gasteiger partial charge in [-0.3, -0.25) is 4.90 Å². The van der Waals surface area contributed by atoms with Crippen molar-refractivity contribution in [2.45, 2.75) is 159 Å². The highest BCUT2D eigenvalue weighted by Crippen LogP contribution is 2.63. The third-order valence-corrected chi connectivity index (χ3v) is 15.9. The fraction of sp³-hybridized carbons (Fsp3) is 0.950. The van der Waals surface area contributed by atoms with Crippen LogP contribution in [0.1, 0.15) is 106 Å². The van der Waals surface area contributed by atoms with E-state index >= 15 is 0 Å². The first-order chi connectivity index (χ1) is 25.5. The van der Waals surface area contributed by atoms with Crippen LogP contribution in [0.25, 0.3) is 0 Å². The van der Waals surface area contributed by atoms with E-state index in [4.69, 9.17) is 43.2 Å². The first kappa shape index (κ1) is 38.4. The minimum Gasteiger partial charge on any atom is -0.456 e. The first-order valence-electron chi connectivity index (χ1n) is 20.8. The van der Waals surface area contributed by atoms with E-state index < -0.39 is 59.0 Å². The summed E-state index contributed by atoms with van der Waals surface area (Å²) in [7, 11) is 2.11. The Morgan fingerprint density at radius 2 is 1.35 bits per heavy atom. The molecule has 11 nitrogen and oxygen atoms in total. The van der Waals surface area contributed by atoms with Crippen LogP contribution < -0.4 is 0 Å². The van der Waals surface area contributed by atoms with E-state index in [2.05, 4.69) is 37.6 Å². The van der Waals surface area contributed by atoms with Crippen molar-refractivity contribution in [2.24, 2.45) is 41.4 Å². The van der Waals surface area contributed by atoms with Gasteiger partial charge in [-0.2, -0.15) is 13.2 Å². The molecule has 9 aliphatic heterocycles. The molecule has 2 aliphatic carbocycles. The lowest BCUT2D eigenvalue weighted by Crippen LogP contribution is -2.73. The van der Waals surface area contributed by atoms with Gasteiger partial charge in [-0.25, -0.2) is 19.6 Å². The molecule has 8 saturated heterocycles. The number of rotatable bonds is 7. The summed E-state index contributed by atoms with van der Waals surface area (Å²) in [6.07, 6.45) is 1.89. The van der Waals surface area contributed by atoms with Gasteiger partial charge < -0.3 is 28.6 Å². The molecule has 0 aromatic carbocycles. The number of alkyl halides is 3. The Hall–Kier alpha value is -1.07. The SMILES string of the molecule is C[C@@H]1CC[C@H]2[C@@H](C)[C@@](C)(OCCN(C)C3CCN(CC4=C(C(F)(F)F)O[C@@H]5O[C@@]6(C)CC[C@H]7[C@H](C)CC[C@@H]4[C@@]57OO6)CC3)O[C@@H]3O[C@]4(C)CC[C@@H]1[C@]32OO4. The van der Waals surface area contributed by atoms with E-state index in [1.807, 2.05) is 13.8 Å². The van der Waals surface area contributed by atoms with E-state index in [1.165, 1.54) is 0 Å². The molecule has 0 aromatic heterocycles. The number of halogens is 3. The van der Waals surface area contributed by atoms with Gasteiger partial charge >= 0.3 is 6.18 Å². The van der Waals surface area contributed by atoms with Crippen molar-refractivity contribution in [1.29, 1.82) is 0 Å². The number of hydrogen-bond donors (Lipinski definition) is 0. The van der Waals surface area contributed by atoms with E-state index in [0.29, 0.717) is 50.9 Å². The third kappa shape index (κ3) is 5.88. The van der Waals surface area contributed by atoms with Crippen LogP contribution in [0.15, 0.2) is 11.3 Å². The molecular weight excluding hydrogens is 709 g/mol. The summed E-state index contributed by atoms with van der Waals surface area (Å²) in [6, 6.07) is 0.280. The van der Waals surface area contributed by atoms with Gasteiger partial charge in [-0.05, 0) is 116 Å². The summed E-state index contributed by atoms with van der Waals surface area (Å²) < 4.78 is 76.4. The van der Waals surface area contributed by atoms with Crippen molar-refractivity contribution in [3.05, 3.63) is 11.3 Å². The molecule has 0 aromatic rings. The second kappa shape index (κ2) is 13.2. The lowest BCUT2D eigenvalue weighted by atomic mass is 9.57. The van der Waals surface area contributed by atoms with Gasteiger partial charge in [-0.1, -0.05) is 20.8 Å². The molecule has 11 aliphatic rings. The monoisotopic (exact) mass is 770 g/mol. The van der Waals surface area contributed by atoms with E-state index in [-0.39, 0.29) is 41.8 Å². The van der Waals surface area contributed by atoms with Gasteiger partial charge in [0, 0.05) is 55.6 Å². The van der Waals surface area contributed by atoms with Crippen molar-refractivity contribution in [1.82, 2.24) is 9.80 Å². The highest BCUT2D eigenvalue weighted by Gasteiger charge is 2.72. The minimum atomic E-state index is -4.64. The highest BCUT2D eigenvalue weighted by molar-refractivity contribution is 5.29. The van der Waals surface area contributed by atoms with Crippen molar-refractivity contribution < 1.29 is 56.4 Å². The van der Waals surface area contributed by atoms with Crippen LogP contribution in [0.4, 0.5) is 13.2 Å². The van der Waals surface area contributed by atoms with Crippen LogP contribution >= 0.6 is 0 Å². The average molecular weight is 771 g/mol. The number of piperidine rings is 1. The maximum atomic E-state index is 14.8. The van der Waals surface area contributed by atoms with Gasteiger partial charge in [0.15, 0.2) is 23.3 Å². The normalized spacial score (nSPS) is 50.7. The van der Waals surface area contributed by atoms with Crippen LogP contribution in [-0.2, 0) is 43.2 Å². The molecule has 9 heterocycles. The van der Waals surface area contributed by atoms with Crippen LogP contribution in [0, 0.1) is 41.4 Å². The Bertz CT molecular complexity index is 1480. The first-order valence-corrected chi connectivity index (χ1v) is 20.8. The van der Waals surface area contributed by atoms with Crippen LogP contribution in [0.5, 0.6) is 0 Å². The molecule has 10 fully saturated rings. The Balaban J connectivity index is 0.839. The number of likely N-dealkylation sites (tertiary alicyclic amines) is 1. The maximum Gasteiger partial charge on any atom is 0.449 e. The molecule has 0 amide bonds. The Morgan fingerprint density at radius 1 is 0.741 bits per heavy atom. The molecule has 4 bridgehead atoms. The van der Waals surface area contributed by atoms with E-state index in [9.17, 15) is 13.2 Å². The van der Waals surface area contributed by atoms with Gasteiger partial charge in [-0.15, -0.1) is 0 Å². The summed E-state index contributed by atoms with van der Waals surface area (Å²) in [4.78, 5) is 28.8. The number of fused-ring (bicyclic) bond motifs is 4. The zero-order valence-corrected chi connectivity index (χ0v) is 33.1. The second-order valence-electron chi connectivity index (χ2n) is 19.0.